The van der Waals surface area contributed by atoms with Crippen LogP contribution in [-0.2, 0) is 6.54 Å². The number of carbonyl (C=O) groups is 1. The van der Waals surface area contributed by atoms with E-state index in [-0.39, 0.29) is 11.2 Å². The van der Waals surface area contributed by atoms with Gasteiger partial charge in [-0.25, -0.2) is 9.97 Å². The van der Waals surface area contributed by atoms with Crippen LogP contribution >= 0.6 is 23.2 Å². The molecular formula is C23H18Cl2N4O. The van der Waals surface area contributed by atoms with Crippen LogP contribution in [0.1, 0.15) is 21.5 Å². The van der Waals surface area contributed by atoms with Crippen LogP contribution in [0, 0.1) is 6.92 Å². The van der Waals surface area contributed by atoms with E-state index in [4.69, 9.17) is 23.2 Å². The predicted molar refractivity (Wildman–Crippen MR) is 122 cm³/mol. The topological polar surface area (TPSA) is 66.9 Å². The fraction of sp³-hybridized carbons (Fsp3) is 0.0870. The normalized spacial score (nSPS) is 10.8. The van der Waals surface area contributed by atoms with Crippen LogP contribution in [0.2, 0.25) is 10.3 Å². The lowest BCUT2D eigenvalue weighted by Gasteiger charge is -2.11. The summed E-state index contributed by atoms with van der Waals surface area (Å²) in [5.74, 6) is 0.504. The summed E-state index contributed by atoms with van der Waals surface area (Å²) < 4.78 is 0. The summed E-state index contributed by atoms with van der Waals surface area (Å²) in [7, 11) is 0. The summed E-state index contributed by atoms with van der Waals surface area (Å²) in [6.45, 7) is 2.58. The number of nitrogens with one attached hydrogen (secondary N) is 2. The molecule has 0 aliphatic carbocycles. The quantitative estimate of drug-likeness (QED) is 0.370. The van der Waals surface area contributed by atoms with Crippen molar-refractivity contribution in [2.24, 2.45) is 0 Å². The van der Waals surface area contributed by atoms with E-state index in [0.717, 1.165) is 22.0 Å². The molecule has 4 rings (SSSR count). The molecule has 0 saturated carbocycles. The Balaban J connectivity index is 1.44. The maximum absolute atomic E-state index is 12.3. The maximum atomic E-state index is 12.3. The van der Waals surface area contributed by atoms with Crippen molar-refractivity contribution in [3.05, 3.63) is 93.7 Å². The fourth-order valence-electron chi connectivity index (χ4n) is 3.04. The Hall–Kier alpha value is -3.15. The van der Waals surface area contributed by atoms with Crippen molar-refractivity contribution in [1.29, 1.82) is 0 Å². The first-order valence-corrected chi connectivity index (χ1v) is 10.1. The molecule has 0 bridgehead atoms. The van der Waals surface area contributed by atoms with E-state index in [9.17, 15) is 4.79 Å². The summed E-state index contributed by atoms with van der Waals surface area (Å²) >= 11 is 11.9. The summed E-state index contributed by atoms with van der Waals surface area (Å²) in [5.41, 5.74) is 4.22. The second kappa shape index (κ2) is 8.69. The number of halogens is 2. The first-order valence-electron chi connectivity index (χ1n) is 9.31. The highest BCUT2D eigenvalue weighted by atomic mass is 35.5. The van der Waals surface area contributed by atoms with Gasteiger partial charge in [0.1, 0.15) is 5.82 Å². The number of nitrogens with zero attached hydrogens (tertiary/aromatic N) is 2. The average Bonchev–Trinajstić information content (AvgIpc) is 2.74. The molecule has 0 fully saturated rings. The van der Waals surface area contributed by atoms with Gasteiger partial charge in [0, 0.05) is 28.2 Å². The molecule has 0 atom stereocenters. The van der Waals surface area contributed by atoms with Gasteiger partial charge < -0.3 is 10.6 Å². The molecule has 1 amide bonds. The van der Waals surface area contributed by atoms with Gasteiger partial charge in [-0.15, -0.1) is 0 Å². The number of amides is 1. The molecule has 0 unspecified atom stereocenters. The molecule has 0 aliphatic heterocycles. The Labute approximate surface area is 184 Å². The van der Waals surface area contributed by atoms with Crippen molar-refractivity contribution >= 4 is 51.5 Å². The van der Waals surface area contributed by atoms with E-state index >= 15 is 0 Å². The standard InChI is InChI=1S/C23H18Cl2N4O/c1-14-2-11-20-19(12-14)21(29-23(25)28-20)26-13-15-3-9-18(10-4-15)27-22(30)16-5-7-17(24)8-6-16/h2-12H,13H2,1H3,(H,27,30)(H,26,28,29). The lowest BCUT2D eigenvalue weighted by atomic mass is 10.1. The Kier molecular flexibility index (Phi) is 5.84. The largest absolute Gasteiger partial charge is 0.365 e. The number of aryl methyl sites for hydroxylation is 1. The first-order chi connectivity index (χ1) is 14.5. The third kappa shape index (κ3) is 4.70. The van der Waals surface area contributed by atoms with Crippen LogP contribution in [0.15, 0.2) is 66.7 Å². The van der Waals surface area contributed by atoms with Crippen molar-refractivity contribution in [3.63, 3.8) is 0 Å². The van der Waals surface area contributed by atoms with Crippen LogP contribution in [0.5, 0.6) is 0 Å². The first kappa shape index (κ1) is 20.1. The highest BCUT2D eigenvalue weighted by Gasteiger charge is 2.08. The summed E-state index contributed by atoms with van der Waals surface area (Å²) in [6.07, 6.45) is 0. The number of hydrogen-bond acceptors (Lipinski definition) is 4. The molecule has 2 N–H and O–H groups in total. The molecule has 30 heavy (non-hydrogen) atoms. The van der Waals surface area contributed by atoms with Gasteiger partial charge in [-0.05, 0) is 72.6 Å². The predicted octanol–water partition coefficient (Wildman–Crippen LogP) is 6.11. The van der Waals surface area contributed by atoms with E-state index in [2.05, 4.69) is 20.6 Å². The SMILES string of the molecule is Cc1ccc2nc(Cl)nc(NCc3ccc(NC(=O)c4ccc(Cl)cc4)cc3)c2c1. The molecule has 4 aromatic rings. The van der Waals surface area contributed by atoms with Crippen LogP contribution in [0.4, 0.5) is 11.5 Å². The van der Waals surface area contributed by atoms with Gasteiger partial charge in [0.2, 0.25) is 5.28 Å². The molecule has 7 heteroatoms. The Morgan fingerprint density at radius 3 is 2.40 bits per heavy atom. The number of benzene rings is 3. The molecule has 3 aromatic carbocycles. The van der Waals surface area contributed by atoms with Gasteiger partial charge >= 0.3 is 0 Å². The molecule has 0 spiro atoms. The van der Waals surface area contributed by atoms with Gasteiger partial charge in [0.15, 0.2) is 0 Å². The van der Waals surface area contributed by atoms with Crippen molar-refractivity contribution in [2.75, 3.05) is 10.6 Å². The number of rotatable bonds is 5. The Bertz CT molecular complexity index is 1210. The maximum Gasteiger partial charge on any atom is 0.255 e. The van der Waals surface area contributed by atoms with E-state index < -0.39 is 0 Å². The number of fused-ring (bicyclic) bond motifs is 1. The molecule has 0 saturated heterocycles. The number of aromatic nitrogens is 2. The van der Waals surface area contributed by atoms with E-state index in [1.54, 1.807) is 24.3 Å². The fourth-order valence-corrected chi connectivity index (χ4v) is 3.35. The minimum atomic E-state index is -0.185. The number of carbonyl (C=O) groups excluding carboxylic acids is 1. The Morgan fingerprint density at radius 2 is 1.67 bits per heavy atom. The van der Waals surface area contributed by atoms with Crippen molar-refractivity contribution in [2.45, 2.75) is 13.5 Å². The molecule has 1 heterocycles. The second-order valence-corrected chi connectivity index (χ2v) is 7.65. The molecule has 0 radical (unpaired) electrons. The smallest absolute Gasteiger partial charge is 0.255 e. The van der Waals surface area contributed by atoms with E-state index in [1.165, 1.54) is 0 Å². The van der Waals surface area contributed by atoms with Crippen LogP contribution in [0.3, 0.4) is 0 Å². The monoisotopic (exact) mass is 436 g/mol. The second-order valence-electron chi connectivity index (χ2n) is 6.87. The average molecular weight is 437 g/mol. The summed E-state index contributed by atoms with van der Waals surface area (Å²) in [6, 6.07) is 20.3. The van der Waals surface area contributed by atoms with Crippen LogP contribution in [-0.4, -0.2) is 15.9 Å². The lowest BCUT2D eigenvalue weighted by molar-refractivity contribution is 0.102. The minimum absolute atomic E-state index is 0.185. The van der Waals surface area contributed by atoms with Crippen LogP contribution < -0.4 is 10.6 Å². The molecule has 0 aliphatic rings. The van der Waals surface area contributed by atoms with Gasteiger partial charge in [-0.3, -0.25) is 4.79 Å². The van der Waals surface area contributed by atoms with Crippen LogP contribution in [0.25, 0.3) is 10.9 Å². The zero-order chi connectivity index (χ0) is 21.1. The highest BCUT2D eigenvalue weighted by molar-refractivity contribution is 6.30. The summed E-state index contributed by atoms with van der Waals surface area (Å²) in [5, 5.41) is 7.92. The van der Waals surface area contributed by atoms with Gasteiger partial charge in [-0.2, -0.15) is 0 Å². The zero-order valence-corrected chi connectivity index (χ0v) is 17.6. The number of anilines is 2. The Morgan fingerprint density at radius 1 is 0.933 bits per heavy atom. The van der Waals surface area contributed by atoms with E-state index in [1.807, 2.05) is 49.4 Å². The molecule has 1 aromatic heterocycles. The third-order valence-corrected chi connectivity index (χ3v) is 5.02. The van der Waals surface area contributed by atoms with Crippen molar-refractivity contribution in [1.82, 2.24) is 9.97 Å². The molecular weight excluding hydrogens is 419 g/mol. The van der Waals surface area contributed by atoms with E-state index in [0.29, 0.717) is 28.6 Å². The van der Waals surface area contributed by atoms with Crippen molar-refractivity contribution in [3.8, 4) is 0 Å². The summed E-state index contributed by atoms with van der Waals surface area (Å²) in [4.78, 5) is 20.9. The third-order valence-electron chi connectivity index (χ3n) is 4.60. The van der Waals surface area contributed by atoms with Gasteiger partial charge in [-0.1, -0.05) is 35.4 Å². The zero-order valence-electron chi connectivity index (χ0n) is 16.1. The molecule has 5 nitrogen and oxygen atoms in total. The lowest BCUT2D eigenvalue weighted by Crippen LogP contribution is -2.11. The highest BCUT2D eigenvalue weighted by Crippen LogP contribution is 2.24. The molecule has 150 valence electrons. The number of hydrogen-bond donors (Lipinski definition) is 2. The van der Waals surface area contributed by atoms with Crippen molar-refractivity contribution < 1.29 is 4.79 Å². The van der Waals surface area contributed by atoms with Gasteiger partial charge in [0.25, 0.3) is 5.91 Å². The minimum Gasteiger partial charge on any atom is -0.365 e. The van der Waals surface area contributed by atoms with Gasteiger partial charge in [0.05, 0.1) is 5.52 Å².